The summed E-state index contributed by atoms with van der Waals surface area (Å²) < 4.78 is 1.59. The van der Waals surface area contributed by atoms with E-state index in [1.54, 1.807) is 17.1 Å². The minimum absolute atomic E-state index is 0.108. The van der Waals surface area contributed by atoms with E-state index in [4.69, 9.17) is 0 Å². The molecule has 2 rings (SSSR count). The van der Waals surface area contributed by atoms with E-state index in [-0.39, 0.29) is 5.69 Å². The number of aliphatic hydroxyl groups is 1. The van der Waals surface area contributed by atoms with E-state index >= 15 is 0 Å². The van der Waals surface area contributed by atoms with Gasteiger partial charge in [-0.25, -0.2) is 0 Å². The SMILES string of the molecule is CN(C)CC(O)Cn1cc(Nc2ccncc2[N+](=O)[O-])cn1. The van der Waals surface area contributed by atoms with Gasteiger partial charge in [-0.1, -0.05) is 0 Å². The highest BCUT2D eigenvalue weighted by atomic mass is 16.6. The summed E-state index contributed by atoms with van der Waals surface area (Å²) in [7, 11) is 3.75. The lowest BCUT2D eigenvalue weighted by atomic mass is 10.3. The first-order chi connectivity index (χ1) is 10.5. The molecule has 0 spiro atoms. The molecule has 0 saturated heterocycles. The number of rotatable bonds is 7. The van der Waals surface area contributed by atoms with Crippen LogP contribution in [-0.4, -0.2) is 56.4 Å². The average molecular weight is 306 g/mol. The van der Waals surface area contributed by atoms with Gasteiger partial charge in [0, 0.05) is 18.9 Å². The number of hydrogen-bond acceptors (Lipinski definition) is 7. The van der Waals surface area contributed by atoms with Crippen LogP contribution in [0.2, 0.25) is 0 Å². The van der Waals surface area contributed by atoms with Crippen molar-refractivity contribution in [1.82, 2.24) is 19.7 Å². The van der Waals surface area contributed by atoms with Gasteiger partial charge in [0.2, 0.25) is 0 Å². The standard InChI is InChI=1S/C13H18N6O3/c1-17(2)8-11(20)9-18-7-10(5-15-18)16-12-3-4-14-6-13(12)19(21)22/h3-7,11,20H,8-9H2,1-2H3,(H,14,16). The van der Waals surface area contributed by atoms with Crippen molar-refractivity contribution in [2.75, 3.05) is 26.0 Å². The molecule has 2 aromatic rings. The molecular weight excluding hydrogens is 288 g/mol. The number of hydrogen-bond donors (Lipinski definition) is 2. The van der Waals surface area contributed by atoms with Crippen LogP contribution in [-0.2, 0) is 6.54 Å². The maximum atomic E-state index is 10.9. The van der Waals surface area contributed by atoms with Crippen LogP contribution in [0.4, 0.5) is 17.1 Å². The Hall–Kier alpha value is -2.52. The molecule has 2 heterocycles. The summed E-state index contributed by atoms with van der Waals surface area (Å²) >= 11 is 0. The molecular formula is C13H18N6O3. The number of pyridine rings is 1. The van der Waals surface area contributed by atoms with Crippen LogP contribution in [0.5, 0.6) is 0 Å². The van der Waals surface area contributed by atoms with E-state index in [0.717, 1.165) is 0 Å². The van der Waals surface area contributed by atoms with Crippen molar-refractivity contribution >= 4 is 17.1 Å². The summed E-state index contributed by atoms with van der Waals surface area (Å²) in [4.78, 5) is 16.1. The summed E-state index contributed by atoms with van der Waals surface area (Å²) in [6, 6.07) is 1.52. The zero-order valence-corrected chi connectivity index (χ0v) is 12.4. The smallest absolute Gasteiger partial charge is 0.310 e. The van der Waals surface area contributed by atoms with Crippen LogP contribution in [0.1, 0.15) is 0 Å². The first-order valence-corrected chi connectivity index (χ1v) is 6.66. The third-order valence-electron chi connectivity index (χ3n) is 2.88. The Morgan fingerprint density at radius 2 is 2.27 bits per heavy atom. The van der Waals surface area contributed by atoms with Gasteiger partial charge in [0.1, 0.15) is 11.9 Å². The number of nitrogens with one attached hydrogen (secondary N) is 1. The fourth-order valence-electron chi connectivity index (χ4n) is 2.02. The maximum absolute atomic E-state index is 10.9. The number of likely N-dealkylation sites (N-methyl/N-ethyl adjacent to an activating group) is 1. The van der Waals surface area contributed by atoms with Gasteiger partial charge >= 0.3 is 5.69 Å². The molecule has 0 bridgehead atoms. The molecule has 2 N–H and O–H groups in total. The van der Waals surface area contributed by atoms with Crippen molar-refractivity contribution in [1.29, 1.82) is 0 Å². The zero-order valence-electron chi connectivity index (χ0n) is 12.4. The molecule has 0 amide bonds. The zero-order chi connectivity index (χ0) is 16.1. The van der Waals surface area contributed by atoms with Gasteiger partial charge in [0.15, 0.2) is 0 Å². The normalized spacial score (nSPS) is 12.4. The first-order valence-electron chi connectivity index (χ1n) is 6.66. The third kappa shape index (κ3) is 4.24. The molecule has 118 valence electrons. The molecule has 0 aliphatic rings. The molecule has 0 saturated carbocycles. The number of nitro groups is 1. The minimum atomic E-state index is -0.544. The lowest BCUT2D eigenvalue weighted by Crippen LogP contribution is -2.29. The monoisotopic (exact) mass is 306 g/mol. The molecule has 0 aromatic carbocycles. The van der Waals surface area contributed by atoms with Gasteiger partial charge in [-0.2, -0.15) is 5.10 Å². The molecule has 0 aliphatic carbocycles. The Morgan fingerprint density at radius 1 is 1.50 bits per heavy atom. The fourth-order valence-corrected chi connectivity index (χ4v) is 2.02. The molecule has 9 nitrogen and oxygen atoms in total. The molecule has 9 heteroatoms. The molecule has 22 heavy (non-hydrogen) atoms. The number of aliphatic hydroxyl groups excluding tert-OH is 1. The van der Waals surface area contributed by atoms with Gasteiger partial charge < -0.3 is 15.3 Å². The summed E-state index contributed by atoms with van der Waals surface area (Å²) in [6.45, 7) is 0.872. The Balaban J connectivity index is 2.05. The topological polar surface area (TPSA) is 109 Å². The van der Waals surface area contributed by atoms with Crippen LogP contribution in [0.25, 0.3) is 0 Å². The number of aromatic nitrogens is 3. The van der Waals surface area contributed by atoms with Crippen LogP contribution in [0.15, 0.2) is 30.9 Å². The van der Waals surface area contributed by atoms with Crippen LogP contribution in [0.3, 0.4) is 0 Å². The summed E-state index contributed by atoms with van der Waals surface area (Å²) in [5.41, 5.74) is 0.836. The van der Waals surface area contributed by atoms with Crippen molar-refractivity contribution in [2.24, 2.45) is 0 Å². The van der Waals surface area contributed by atoms with Crippen LogP contribution >= 0.6 is 0 Å². The molecule has 0 radical (unpaired) electrons. The third-order valence-corrected chi connectivity index (χ3v) is 2.88. The van der Waals surface area contributed by atoms with Gasteiger partial charge in [-0.15, -0.1) is 0 Å². The van der Waals surface area contributed by atoms with E-state index in [2.05, 4.69) is 15.4 Å². The quantitative estimate of drug-likeness (QED) is 0.576. The predicted molar refractivity (Wildman–Crippen MR) is 81.0 cm³/mol. The van der Waals surface area contributed by atoms with E-state index < -0.39 is 11.0 Å². The van der Waals surface area contributed by atoms with Crippen molar-refractivity contribution in [2.45, 2.75) is 12.6 Å². The van der Waals surface area contributed by atoms with E-state index in [1.165, 1.54) is 18.5 Å². The van der Waals surface area contributed by atoms with E-state index in [9.17, 15) is 15.2 Å². The van der Waals surface area contributed by atoms with Crippen molar-refractivity contribution in [3.05, 3.63) is 41.0 Å². The van der Waals surface area contributed by atoms with Crippen LogP contribution < -0.4 is 5.32 Å². The predicted octanol–water partition coefficient (Wildman–Crippen LogP) is 0.852. The highest BCUT2D eigenvalue weighted by Gasteiger charge is 2.14. The fraction of sp³-hybridized carbons (Fsp3) is 0.385. The second-order valence-corrected chi connectivity index (χ2v) is 5.14. The lowest BCUT2D eigenvalue weighted by molar-refractivity contribution is -0.384. The van der Waals surface area contributed by atoms with Crippen LogP contribution in [0, 0.1) is 10.1 Å². The molecule has 1 atom stereocenters. The Bertz CT molecular complexity index is 642. The molecule has 1 unspecified atom stereocenters. The second-order valence-electron chi connectivity index (χ2n) is 5.14. The maximum Gasteiger partial charge on any atom is 0.310 e. The largest absolute Gasteiger partial charge is 0.390 e. The number of anilines is 2. The van der Waals surface area contributed by atoms with E-state index in [0.29, 0.717) is 24.5 Å². The summed E-state index contributed by atoms with van der Waals surface area (Å²) in [5, 5.41) is 27.9. The van der Waals surface area contributed by atoms with Crippen molar-refractivity contribution in [3.63, 3.8) is 0 Å². The van der Waals surface area contributed by atoms with Gasteiger partial charge in [-0.3, -0.25) is 19.8 Å². The van der Waals surface area contributed by atoms with Gasteiger partial charge in [-0.05, 0) is 20.2 Å². The van der Waals surface area contributed by atoms with Crippen molar-refractivity contribution in [3.8, 4) is 0 Å². The average Bonchev–Trinajstić information content (AvgIpc) is 2.85. The second kappa shape index (κ2) is 6.96. The molecule has 2 aromatic heterocycles. The van der Waals surface area contributed by atoms with Crippen molar-refractivity contribution < 1.29 is 10.0 Å². The Labute approximate surface area is 127 Å². The first kappa shape index (κ1) is 15.9. The molecule has 0 aliphatic heterocycles. The summed E-state index contributed by atoms with van der Waals surface area (Å²) in [6.07, 6.45) is 5.35. The Kier molecular flexibility index (Phi) is 5.02. The highest BCUT2D eigenvalue weighted by molar-refractivity contribution is 5.67. The summed E-state index contributed by atoms with van der Waals surface area (Å²) in [5.74, 6) is 0. The lowest BCUT2D eigenvalue weighted by Gasteiger charge is -2.15. The highest BCUT2D eigenvalue weighted by Crippen LogP contribution is 2.25. The van der Waals surface area contributed by atoms with Gasteiger partial charge in [0.05, 0.1) is 29.5 Å². The van der Waals surface area contributed by atoms with Gasteiger partial charge in [0.25, 0.3) is 0 Å². The van der Waals surface area contributed by atoms with E-state index in [1.807, 2.05) is 19.0 Å². The minimum Gasteiger partial charge on any atom is -0.390 e. The molecule has 0 fully saturated rings. The number of nitrogens with zero attached hydrogens (tertiary/aromatic N) is 5. The Morgan fingerprint density at radius 3 is 2.95 bits per heavy atom.